The second-order valence-corrected chi connectivity index (χ2v) is 6.08. The van der Waals surface area contributed by atoms with Crippen molar-refractivity contribution in [2.45, 2.75) is 26.8 Å². The molecule has 16 heavy (non-hydrogen) atoms. The molecule has 1 amide bonds. The second kappa shape index (κ2) is 5.17. The van der Waals surface area contributed by atoms with Crippen molar-refractivity contribution < 1.29 is 4.79 Å². The zero-order chi connectivity index (χ0) is 12.3. The van der Waals surface area contributed by atoms with Gasteiger partial charge in [0.25, 0.3) is 0 Å². The van der Waals surface area contributed by atoms with Crippen LogP contribution in [-0.4, -0.2) is 12.5 Å². The number of thiophene rings is 1. The van der Waals surface area contributed by atoms with Crippen LogP contribution in [0.3, 0.4) is 0 Å². The number of carbonyl (C=O) groups excluding carboxylic acids is 1. The first kappa shape index (κ1) is 13.5. The number of nitrogens with two attached hydrogens (primary N) is 1. The predicted molar refractivity (Wildman–Crippen MR) is 68.7 cm³/mol. The van der Waals surface area contributed by atoms with Crippen molar-refractivity contribution in [3.63, 3.8) is 0 Å². The van der Waals surface area contributed by atoms with Crippen LogP contribution < -0.4 is 11.1 Å². The van der Waals surface area contributed by atoms with E-state index in [1.165, 1.54) is 11.3 Å². The third kappa shape index (κ3) is 3.47. The van der Waals surface area contributed by atoms with Gasteiger partial charge in [-0.3, -0.25) is 4.79 Å². The Balaban J connectivity index is 2.53. The van der Waals surface area contributed by atoms with Gasteiger partial charge in [0.05, 0.1) is 9.75 Å². The fraction of sp³-hybridized carbons (Fsp3) is 0.545. The third-order valence-electron chi connectivity index (χ3n) is 2.60. The second-order valence-electron chi connectivity index (χ2n) is 4.53. The first-order valence-corrected chi connectivity index (χ1v) is 6.36. The number of hydrogen-bond acceptors (Lipinski definition) is 3. The molecule has 1 rings (SSSR count). The summed E-state index contributed by atoms with van der Waals surface area (Å²) in [6.07, 6.45) is 0. The average Bonchev–Trinajstić information content (AvgIpc) is 2.61. The third-order valence-corrected chi connectivity index (χ3v) is 3.71. The maximum absolute atomic E-state index is 11.1. The van der Waals surface area contributed by atoms with E-state index >= 15 is 0 Å². The molecule has 3 nitrogen and oxygen atoms in total. The Labute approximate surface area is 105 Å². The molecule has 1 unspecified atom stereocenters. The van der Waals surface area contributed by atoms with Crippen molar-refractivity contribution in [1.29, 1.82) is 0 Å². The molecule has 0 radical (unpaired) electrons. The standard InChI is InChI=1S/C11H17ClN2OS/c1-7(8-4-9(12)16-5-8)14-6-11(2,3)10(13)15/h4-5,7,14H,6H2,1-3H3,(H2,13,15). The summed E-state index contributed by atoms with van der Waals surface area (Å²) in [4.78, 5) is 11.1. The van der Waals surface area contributed by atoms with Crippen molar-refractivity contribution >= 4 is 28.8 Å². The van der Waals surface area contributed by atoms with Crippen molar-refractivity contribution in [3.8, 4) is 0 Å². The molecular formula is C11H17ClN2OS. The molecule has 0 aliphatic carbocycles. The topological polar surface area (TPSA) is 55.1 Å². The summed E-state index contributed by atoms with van der Waals surface area (Å²) in [5.74, 6) is -0.296. The highest BCUT2D eigenvalue weighted by atomic mass is 35.5. The molecule has 0 fully saturated rings. The van der Waals surface area contributed by atoms with Crippen molar-refractivity contribution in [2.24, 2.45) is 11.1 Å². The molecule has 90 valence electrons. The SMILES string of the molecule is CC(NCC(C)(C)C(N)=O)c1csc(Cl)c1. The van der Waals surface area contributed by atoms with E-state index in [2.05, 4.69) is 5.32 Å². The zero-order valence-corrected chi connectivity index (χ0v) is 11.3. The molecule has 1 aromatic heterocycles. The molecule has 3 N–H and O–H groups in total. The van der Waals surface area contributed by atoms with E-state index in [9.17, 15) is 4.79 Å². The van der Waals surface area contributed by atoms with Crippen LogP contribution in [0.4, 0.5) is 0 Å². The molecule has 1 aromatic rings. The van der Waals surface area contributed by atoms with Gasteiger partial charge in [0.15, 0.2) is 0 Å². The molecular weight excluding hydrogens is 244 g/mol. The lowest BCUT2D eigenvalue weighted by Crippen LogP contribution is -2.41. The average molecular weight is 261 g/mol. The number of nitrogens with one attached hydrogen (secondary N) is 1. The van der Waals surface area contributed by atoms with E-state index in [0.29, 0.717) is 6.54 Å². The summed E-state index contributed by atoms with van der Waals surface area (Å²) in [6, 6.07) is 2.10. The number of carbonyl (C=O) groups is 1. The van der Waals surface area contributed by atoms with Gasteiger partial charge in [-0.25, -0.2) is 0 Å². The first-order chi connectivity index (χ1) is 7.33. The quantitative estimate of drug-likeness (QED) is 0.855. The first-order valence-electron chi connectivity index (χ1n) is 5.10. The number of amides is 1. The van der Waals surface area contributed by atoms with Gasteiger partial charge in [0.2, 0.25) is 5.91 Å². The Morgan fingerprint density at radius 1 is 1.69 bits per heavy atom. The Kier molecular flexibility index (Phi) is 4.35. The van der Waals surface area contributed by atoms with E-state index in [1.807, 2.05) is 32.2 Å². The van der Waals surface area contributed by atoms with Crippen molar-refractivity contribution in [2.75, 3.05) is 6.54 Å². The largest absolute Gasteiger partial charge is 0.369 e. The molecule has 1 atom stereocenters. The van der Waals surface area contributed by atoms with E-state index in [1.54, 1.807) is 0 Å². The van der Waals surface area contributed by atoms with Crippen LogP contribution in [0.5, 0.6) is 0 Å². The van der Waals surface area contributed by atoms with Crippen molar-refractivity contribution in [1.82, 2.24) is 5.32 Å². The molecule has 0 saturated carbocycles. The normalized spacial score (nSPS) is 13.8. The van der Waals surface area contributed by atoms with E-state index in [-0.39, 0.29) is 11.9 Å². The smallest absolute Gasteiger partial charge is 0.224 e. The number of hydrogen-bond donors (Lipinski definition) is 2. The Morgan fingerprint density at radius 2 is 2.31 bits per heavy atom. The Hall–Kier alpha value is -0.580. The van der Waals surface area contributed by atoms with E-state index < -0.39 is 5.41 Å². The summed E-state index contributed by atoms with van der Waals surface area (Å²) >= 11 is 7.37. The molecule has 0 aliphatic heterocycles. The number of primary amides is 1. The van der Waals surface area contributed by atoms with Gasteiger partial charge >= 0.3 is 0 Å². The van der Waals surface area contributed by atoms with Gasteiger partial charge in [0, 0.05) is 12.6 Å². The van der Waals surface area contributed by atoms with Crippen LogP contribution >= 0.6 is 22.9 Å². The fourth-order valence-electron chi connectivity index (χ4n) is 1.16. The minimum Gasteiger partial charge on any atom is -0.369 e. The molecule has 0 spiro atoms. The van der Waals surface area contributed by atoms with Crippen molar-refractivity contribution in [3.05, 3.63) is 21.3 Å². The van der Waals surface area contributed by atoms with Gasteiger partial charge in [-0.2, -0.15) is 0 Å². The van der Waals surface area contributed by atoms with Crippen LogP contribution in [0.25, 0.3) is 0 Å². The summed E-state index contributed by atoms with van der Waals surface area (Å²) in [6.45, 7) is 6.25. The monoisotopic (exact) mass is 260 g/mol. The highest BCUT2D eigenvalue weighted by Gasteiger charge is 2.25. The molecule has 5 heteroatoms. The van der Waals surface area contributed by atoms with Gasteiger partial charge in [-0.05, 0) is 37.8 Å². The summed E-state index contributed by atoms with van der Waals surface area (Å²) in [7, 11) is 0. The van der Waals surface area contributed by atoms with Crippen LogP contribution in [0, 0.1) is 5.41 Å². The predicted octanol–water partition coefficient (Wildman–Crippen LogP) is 2.56. The summed E-state index contributed by atoms with van der Waals surface area (Å²) in [5.41, 5.74) is 5.90. The molecule has 0 aliphatic rings. The number of rotatable bonds is 5. The summed E-state index contributed by atoms with van der Waals surface area (Å²) < 4.78 is 0.776. The Morgan fingerprint density at radius 3 is 2.75 bits per heavy atom. The lowest BCUT2D eigenvalue weighted by molar-refractivity contribution is -0.125. The Bertz CT molecular complexity index is 376. The highest BCUT2D eigenvalue weighted by molar-refractivity contribution is 7.14. The minimum atomic E-state index is -0.534. The number of halogens is 1. The van der Waals surface area contributed by atoms with Crippen LogP contribution in [0.2, 0.25) is 4.34 Å². The molecule has 0 saturated heterocycles. The lowest BCUT2D eigenvalue weighted by atomic mass is 9.92. The highest BCUT2D eigenvalue weighted by Crippen LogP contribution is 2.25. The van der Waals surface area contributed by atoms with E-state index in [0.717, 1.165) is 9.90 Å². The lowest BCUT2D eigenvalue weighted by Gasteiger charge is -2.23. The molecule has 0 aromatic carbocycles. The van der Waals surface area contributed by atoms with Crippen LogP contribution in [0.1, 0.15) is 32.4 Å². The molecule has 0 bridgehead atoms. The minimum absolute atomic E-state index is 0.169. The van der Waals surface area contributed by atoms with Gasteiger partial charge in [-0.1, -0.05) is 11.6 Å². The zero-order valence-electron chi connectivity index (χ0n) is 9.71. The summed E-state index contributed by atoms with van der Waals surface area (Å²) in [5, 5.41) is 5.29. The van der Waals surface area contributed by atoms with Gasteiger partial charge in [0.1, 0.15) is 0 Å². The fourth-order valence-corrected chi connectivity index (χ4v) is 2.15. The van der Waals surface area contributed by atoms with Gasteiger partial charge < -0.3 is 11.1 Å². The van der Waals surface area contributed by atoms with Gasteiger partial charge in [-0.15, -0.1) is 11.3 Å². The maximum atomic E-state index is 11.1. The maximum Gasteiger partial charge on any atom is 0.224 e. The van der Waals surface area contributed by atoms with E-state index in [4.69, 9.17) is 17.3 Å². The molecule has 1 heterocycles. The van der Waals surface area contributed by atoms with Crippen LogP contribution in [0.15, 0.2) is 11.4 Å². The van der Waals surface area contributed by atoms with Crippen LogP contribution in [-0.2, 0) is 4.79 Å².